The highest BCUT2D eigenvalue weighted by Gasteiger charge is 2.31. The Morgan fingerprint density at radius 3 is 2.54 bits per heavy atom. The van der Waals surface area contributed by atoms with Crippen molar-refractivity contribution in [3.63, 3.8) is 0 Å². The summed E-state index contributed by atoms with van der Waals surface area (Å²) in [6.45, 7) is 1.56. The van der Waals surface area contributed by atoms with Gasteiger partial charge in [-0.1, -0.05) is 18.9 Å². The summed E-state index contributed by atoms with van der Waals surface area (Å²) in [4.78, 5) is 15.9. The predicted molar refractivity (Wildman–Crippen MR) is 122 cm³/mol. The molecule has 4 aromatic rings. The number of carboxylic acid groups (broad SMARTS) is 1. The van der Waals surface area contributed by atoms with Crippen molar-refractivity contribution >= 4 is 17.0 Å². The third-order valence-electron chi connectivity index (χ3n) is 6.51. The summed E-state index contributed by atoms with van der Waals surface area (Å²) < 4.78 is 56.3. The molecule has 35 heavy (non-hydrogen) atoms. The van der Waals surface area contributed by atoms with Crippen LogP contribution in [0.3, 0.4) is 0 Å². The molecule has 2 aromatic carbocycles. The van der Waals surface area contributed by atoms with Crippen molar-refractivity contribution in [3.05, 3.63) is 76.9 Å². The summed E-state index contributed by atoms with van der Waals surface area (Å²) in [5.74, 6) is -1.61. The van der Waals surface area contributed by atoms with Crippen LogP contribution in [-0.4, -0.2) is 25.8 Å². The summed E-state index contributed by atoms with van der Waals surface area (Å²) in [6, 6.07) is 8.29. The van der Waals surface area contributed by atoms with Crippen LogP contribution in [0.5, 0.6) is 0 Å². The van der Waals surface area contributed by atoms with E-state index in [-0.39, 0.29) is 28.2 Å². The molecule has 1 fully saturated rings. The number of nitrogens with zero attached hydrogens (tertiary/aromatic N) is 3. The molecule has 0 unspecified atom stereocenters. The van der Waals surface area contributed by atoms with Crippen LogP contribution >= 0.6 is 0 Å². The molecule has 1 aliphatic carbocycles. The average Bonchev–Trinajstić information content (AvgIpc) is 3.48. The first-order valence-electron chi connectivity index (χ1n) is 11.2. The Morgan fingerprint density at radius 1 is 1.11 bits per heavy atom. The molecule has 5 rings (SSSR count). The van der Waals surface area contributed by atoms with Crippen LogP contribution < -0.4 is 0 Å². The minimum absolute atomic E-state index is 0.0760. The number of aromatic carboxylic acids is 1. The summed E-state index contributed by atoms with van der Waals surface area (Å²) >= 11 is 0. The highest BCUT2D eigenvalue weighted by atomic mass is 19.4. The van der Waals surface area contributed by atoms with E-state index in [9.17, 15) is 23.1 Å². The molecular formula is C26H21F4N3O2. The normalized spacial score (nSPS) is 14.7. The van der Waals surface area contributed by atoms with E-state index in [4.69, 9.17) is 0 Å². The van der Waals surface area contributed by atoms with Gasteiger partial charge in [0.2, 0.25) is 0 Å². The van der Waals surface area contributed by atoms with Crippen LogP contribution in [0, 0.1) is 12.7 Å². The minimum Gasteiger partial charge on any atom is -0.478 e. The van der Waals surface area contributed by atoms with Gasteiger partial charge in [-0.15, -0.1) is 0 Å². The van der Waals surface area contributed by atoms with E-state index < -0.39 is 23.5 Å². The standard InChI is InChI=1S/C26H21F4N3O2/c1-14-8-17(26(28,29)30)11-18(9-14)33-13-22-24(32-33)23(21(27)12-31-22)16-6-7-19(25(34)35)20(10-16)15-4-2-3-5-15/h6-13,15H,2-5H2,1H3,(H,34,35). The van der Waals surface area contributed by atoms with Gasteiger partial charge in [-0.2, -0.15) is 18.3 Å². The van der Waals surface area contributed by atoms with E-state index in [0.29, 0.717) is 22.2 Å². The number of rotatable bonds is 4. The van der Waals surface area contributed by atoms with Gasteiger partial charge in [0, 0.05) is 5.56 Å². The van der Waals surface area contributed by atoms with E-state index in [2.05, 4.69) is 10.1 Å². The zero-order chi connectivity index (χ0) is 24.9. The molecule has 1 N–H and O–H groups in total. The number of fused-ring (bicyclic) bond motifs is 1. The number of hydrogen-bond donors (Lipinski definition) is 1. The van der Waals surface area contributed by atoms with E-state index in [1.54, 1.807) is 19.1 Å². The molecular weight excluding hydrogens is 462 g/mol. The molecule has 9 heteroatoms. The number of aromatic nitrogens is 3. The fourth-order valence-electron chi connectivity index (χ4n) is 4.89. The lowest BCUT2D eigenvalue weighted by Crippen LogP contribution is -2.07. The van der Waals surface area contributed by atoms with E-state index >= 15 is 4.39 Å². The number of halogens is 4. The predicted octanol–water partition coefficient (Wildman–Crippen LogP) is 6.91. The number of pyridine rings is 1. The average molecular weight is 483 g/mol. The molecule has 180 valence electrons. The Hall–Kier alpha value is -3.75. The second kappa shape index (κ2) is 8.48. The zero-order valence-electron chi connectivity index (χ0n) is 18.7. The van der Waals surface area contributed by atoms with E-state index in [1.165, 1.54) is 23.0 Å². The second-order valence-electron chi connectivity index (χ2n) is 8.93. The Morgan fingerprint density at radius 2 is 1.86 bits per heavy atom. The molecule has 0 bridgehead atoms. The van der Waals surface area contributed by atoms with E-state index in [0.717, 1.165) is 44.0 Å². The van der Waals surface area contributed by atoms with Gasteiger partial charge in [0.25, 0.3) is 0 Å². The van der Waals surface area contributed by atoms with Gasteiger partial charge in [0.15, 0.2) is 5.82 Å². The molecule has 0 amide bonds. The lowest BCUT2D eigenvalue weighted by molar-refractivity contribution is -0.137. The van der Waals surface area contributed by atoms with Gasteiger partial charge in [0.1, 0.15) is 11.0 Å². The van der Waals surface area contributed by atoms with Crippen LogP contribution in [0.15, 0.2) is 48.8 Å². The van der Waals surface area contributed by atoms with Crippen molar-refractivity contribution in [1.82, 2.24) is 14.8 Å². The van der Waals surface area contributed by atoms with Crippen molar-refractivity contribution in [2.45, 2.75) is 44.7 Å². The molecule has 2 heterocycles. The fraction of sp³-hybridized carbons (Fsp3) is 0.269. The number of aryl methyl sites for hydroxylation is 1. The smallest absolute Gasteiger partial charge is 0.416 e. The maximum atomic E-state index is 15.1. The van der Waals surface area contributed by atoms with Crippen LogP contribution in [0.2, 0.25) is 0 Å². The lowest BCUT2D eigenvalue weighted by atomic mass is 9.89. The Kier molecular flexibility index (Phi) is 5.57. The number of benzene rings is 2. The third-order valence-corrected chi connectivity index (χ3v) is 6.51. The summed E-state index contributed by atoms with van der Waals surface area (Å²) in [5, 5.41) is 14.1. The van der Waals surface area contributed by atoms with Crippen molar-refractivity contribution in [3.8, 4) is 16.8 Å². The molecule has 1 saturated carbocycles. The number of alkyl halides is 3. The van der Waals surface area contributed by atoms with Crippen molar-refractivity contribution < 1.29 is 27.5 Å². The largest absolute Gasteiger partial charge is 0.478 e. The molecule has 5 nitrogen and oxygen atoms in total. The van der Waals surface area contributed by atoms with Gasteiger partial charge in [-0.25, -0.2) is 18.9 Å². The molecule has 0 radical (unpaired) electrons. The topological polar surface area (TPSA) is 68.0 Å². The first kappa shape index (κ1) is 23.0. The number of hydrogen-bond acceptors (Lipinski definition) is 3. The molecule has 0 saturated heterocycles. The van der Waals surface area contributed by atoms with Crippen molar-refractivity contribution in [2.24, 2.45) is 0 Å². The highest BCUT2D eigenvalue weighted by molar-refractivity contribution is 5.94. The Balaban J connectivity index is 1.67. The van der Waals surface area contributed by atoms with Crippen LogP contribution in [0.4, 0.5) is 17.6 Å². The molecule has 0 atom stereocenters. The summed E-state index contributed by atoms with van der Waals surface area (Å²) in [6.07, 6.45) is 1.71. The van der Waals surface area contributed by atoms with Gasteiger partial charge in [-0.05, 0) is 72.7 Å². The van der Waals surface area contributed by atoms with Gasteiger partial charge < -0.3 is 5.11 Å². The van der Waals surface area contributed by atoms with Gasteiger partial charge >= 0.3 is 12.1 Å². The maximum absolute atomic E-state index is 15.1. The first-order chi connectivity index (χ1) is 16.6. The molecule has 1 aliphatic rings. The monoisotopic (exact) mass is 483 g/mol. The summed E-state index contributed by atoms with van der Waals surface area (Å²) in [7, 11) is 0. The number of carboxylic acids is 1. The van der Waals surface area contributed by atoms with Crippen LogP contribution in [0.25, 0.3) is 27.8 Å². The highest BCUT2D eigenvalue weighted by Crippen LogP contribution is 2.39. The van der Waals surface area contributed by atoms with Gasteiger partial charge in [0.05, 0.1) is 29.2 Å². The lowest BCUT2D eigenvalue weighted by Gasteiger charge is -2.15. The van der Waals surface area contributed by atoms with Gasteiger partial charge in [-0.3, -0.25) is 0 Å². The third kappa shape index (κ3) is 4.26. The number of carbonyl (C=O) groups is 1. The Labute approximate surface area is 198 Å². The minimum atomic E-state index is -4.52. The molecule has 0 spiro atoms. The van der Waals surface area contributed by atoms with Crippen molar-refractivity contribution in [1.29, 1.82) is 0 Å². The summed E-state index contributed by atoms with van der Waals surface area (Å²) in [5.41, 5.74) is 1.69. The van der Waals surface area contributed by atoms with Crippen LogP contribution in [-0.2, 0) is 6.18 Å². The van der Waals surface area contributed by atoms with E-state index in [1.807, 2.05) is 0 Å². The van der Waals surface area contributed by atoms with Crippen molar-refractivity contribution in [2.75, 3.05) is 0 Å². The zero-order valence-corrected chi connectivity index (χ0v) is 18.7. The SMILES string of the molecule is Cc1cc(-n2cc3ncc(F)c(-c4ccc(C(=O)O)c(C5CCCC5)c4)c3n2)cc(C(F)(F)F)c1. The second-order valence-corrected chi connectivity index (χ2v) is 8.93. The quantitative estimate of drug-likeness (QED) is 0.320. The molecule has 0 aliphatic heterocycles. The first-order valence-corrected chi connectivity index (χ1v) is 11.2. The fourth-order valence-corrected chi connectivity index (χ4v) is 4.89. The molecule has 2 aromatic heterocycles. The Bertz CT molecular complexity index is 1450. The van der Waals surface area contributed by atoms with Crippen LogP contribution in [0.1, 0.15) is 58.6 Å². The maximum Gasteiger partial charge on any atom is 0.416 e.